The van der Waals surface area contributed by atoms with Gasteiger partial charge >= 0.3 is 0 Å². The Morgan fingerprint density at radius 2 is 2.18 bits per heavy atom. The van der Waals surface area contributed by atoms with Crippen LogP contribution in [0.3, 0.4) is 0 Å². The van der Waals surface area contributed by atoms with Gasteiger partial charge < -0.3 is 10.6 Å². The van der Waals surface area contributed by atoms with Gasteiger partial charge in [-0.05, 0) is 36.6 Å². The summed E-state index contributed by atoms with van der Waals surface area (Å²) in [7, 11) is 1.82. The van der Waals surface area contributed by atoms with Crippen LogP contribution in [0.4, 0.5) is 0 Å². The summed E-state index contributed by atoms with van der Waals surface area (Å²) in [5.41, 5.74) is 7.89. The lowest BCUT2D eigenvalue weighted by Gasteiger charge is -2.17. The molecule has 0 radical (unpaired) electrons. The number of carbonyl (C=O) groups excluding carboxylic acids is 1. The monoisotopic (exact) mass is 298 g/mol. The third-order valence-electron chi connectivity index (χ3n) is 2.81. The summed E-state index contributed by atoms with van der Waals surface area (Å²) in [5.74, 6) is 0.111. The second kappa shape index (κ2) is 6.77. The van der Waals surface area contributed by atoms with Gasteiger partial charge in [0.15, 0.2) is 0 Å². The number of carbonyl (C=O) groups is 1. The molecule has 0 unspecified atom stereocenters. The van der Waals surface area contributed by atoms with E-state index in [1.807, 2.05) is 13.1 Å². The summed E-state index contributed by atoms with van der Waals surface area (Å²) >= 11 is 3.46. The molecule has 1 amide bonds. The maximum absolute atomic E-state index is 11.6. The van der Waals surface area contributed by atoms with E-state index in [1.54, 1.807) is 4.90 Å². The van der Waals surface area contributed by atoms with E-state index in [2.05, 4.69) is 35.0 Å². The molecule has 0 saturated heterocycles. The van der Waals surface area contributed by atoms with E-state index in [-0.39, 0.29) is 5.91 Å². The number of benzene rings is 1. The number of rotatable bonds is 5. The van der Waals surface area contributed by atoms with Crippen LogP contribution in [-0.4, -0.2) is 30.9 Å². The molecule has 0 saturated carbocycles. The SMILES string of the molecule is Cc1ccc(Br)cc1CCN(C)C(=O)CCN. The van der Waals surface area contributed by atoms with E-state index in [1.165, 1.54) is 11.1 Å². The third kappa shape index (κ3) is 4.48. The fourth-order valence-electron chi connectivity index (χ4n) is 1.64. The number of aryl methyl sites for hydroxylation is 1. The molecule has 0 spiro atoms. The number of hydrogen-bond donors (Lipinski definition) is 1. The van der Waals surface area contributed by atoms with Crippen molar-refractivity contribution >= 4 is 21.8 Å². The molecular formula is C13H19BrN2O. The molecule has 4 heteroatoms. The average Bonchev–Trinajstić information content (AvgIpc) is 2.30. The molecule has 0 bridgehead atoms. The molecule has 0 aliphatic carbocycles. The van der Waals surface area contributed by atoms with Crippen molar-refractivity contribution in [1.82, 2.24) is 4.90 Å². The zero-order valence-corrected chi connectivity index (χ0v) is 12.0. The van der Waals surface area contributed by atoms with Crippen LogP contribution in [0.2, 0.25) is 0 Å². The number of halogens is 1. The number of amides is 1. The van der Waals surface area contributed by atoms with Crippen LogP contribution >= 0.6 is 15.9 Å². The molecular weight excluding hydrogens is 280 g/mol. The minimum atomic E-state index is 0.111. The van der Waals surface area contributed by atoms with Crippen LogP contribution < -0.4 is 5.73 Å². The third-order valence-corrected chi connectivity index (χ3v) is 3.30. The van der Waals surface area contributed by atoms with Crippen LogP contribution in [0.1, 0.15) is 17.5 Å². The van der Waals surface area contributed by atoms with Gasteiger partial charge in [-0.25, -0.2) is 0 Å². The molecule has 1 aromatic carbocycles. The topological polar surface area (TPSA) is 46.3 Å². The lowest BCUT2D eigenvalue weighted by Crippen LogP contribution is -2.30. The van der Waals surface area contributed by atoms with E-state index in [0.717, 1.165) is 17.4 Å². The van der Waals surface area contributed by atoms with Gasteiger partial charge in [0.2, 0.25) is 5.91 Å². The maximum atomic E-state index is 11.6. The van der Waals surface area contributed by atoms with Crippen molar-refractivity contribution in [2.75, 3.05) is 20.1 Å². The standard InChI is InChI=1S/C13H19BrN2O/c1-10-3-4-12(14)9-11(10)6-8-16(2)13(17)5-7-15/h3-4,9H,5-8,15H2,1-2H3. The smallest absolute Gasteiger partial charge is 0.223 e. The zero-order chi connectivity index (χ0) is 12.8. The highest BCUT2D eigenvalue weighted by atomic mass is 79.9. The predicted molar refractivity (Wildman–Crippen MR) is 73.9 cm³/mol. The first-order chi connectivity index (χ1) is 8.04. The summed E-state index contributed by atoms with van der Waals surface area (Å²) in [6, 6.07) is 6.22. The van der Waals surface area contributed by atoms with Crippen LogP contribution in [0.25, 0.3) is 0 Å². The first-order valence-electron chi connectivity index (χ1n) is 5.73. The fraction of sp³-hybridized carbons (Fsp3) is 0.462. The van der Waals surface area contributed by atoms with Crippen molar-refractivity contribution in [3.05, 3.63) is 33.8 Å². The van der Waals surface area contributed by atoms with Gasteiger partial charge in [-0.2, -0.15) is 0 Å². The molecule has 1 rings (SSSR count). The van der Waals surface area contributed by atoms with Crippen LogP contribution in [0.15, 0.2) is 22.7 Å². The number of likely N-dealkylation sites (N-methyl/N-ethyl adjacent to an activating group) is 1. The van der Waals surface area contributed by atoms with Gasteiger partial charge in [0.05, 0.1) is 0 Å². The Hall–Kier alpha value is -0.870. The van der Waals surface area contributed by atoms with Gasteiger partial charge in [-0.15, -0.1) is 0 Å². The Kier molecular flexibility index (Phi) is 5.65. The first kappa shape index (κ1) is 14.2. The highest BCUT2D eigenvalue weighted by molar-refractivity contribution is 9.10. The van der Waals surface area contributed by atoms with Crippen molar-refractivity contribution < 1.29 is 4.79 Å². The molecule has 0 atom stereocenters. The molecule has 3 nitrogen and oxygen atoms in total. The molecule has 0 heterocycles. The van der Waals surface area contributed by atoms with E-state index >= 15 is 0 Å². The fourth-order valence-corrected chi connectivity index (χ4v) is 2.05. The molecule has 0 aliphatic heterocycles. The van der Waals surface area contributed by atoms with Crippen molar-refractivity contribution in [1.29, 1.82) is 0 Å². The number of nitrogens with zero attached hydrogens (tertiary/aromatic N) is 1. The largest absolute Gasteiger partial charge is 0.345 e. The lowest BCUT2D eigenvalue weighted by atomic mass is 10.1. The number of nitrogens with two attached hydrogens (primary N) is 1. The van der Waals surface area contributed by atoms with Crippen molar-refractivity contribution in [3.63, 3.8) is 0 Å². The van der Waals surface area contributed by atoms with E-state index in [0.29, 0.717) is 13.0 Å². The number of hydrogen-bond acceptors (Lipinski definition) is 2. The molecule has 0 fully saturated rings. The second-order valence-electron chi connectivity index (χ2n) is 4.17. The Morgan fingerprint density at radius 3 is 2.82 bits per heavy atom. The Balaban J connectivity index is 2.55. The van der Waals surface area contributed by atoms with E-state index < -0.39 is 0 Å². The van der Waals surface area contributed by atoms with E-state index in [4.69, 9.17) is 5.73 Å². The molecule has 1 aromatic rings. The van der Waals surface area contributed by atoms with Gasteiger partial charge in [-0.1, -0.05) is 22.0 Å². The summed E-state index contributed by atoms with van der Waals surface area (Å²) in [4.78, 5) is 13.3. The van der Waals surface area contributed by atoms with Crippen LogP contribution in [-0.2, 0) is 11.2 Å². The van der Waals surface area contributed by atoms with Crippen LogP contribution in [0, 0.1) is 6.92 Å². The van der Waals surface area contributed by atoms with Crippen molar-refractivity contribution in [2.24, 2.45) is 5.73 Å². The molecule has 2 N–H and O–H groups in total. The minimum Gasteiger partial charge on any atom is -0.345 e. The normalized spacial score (nSPS) is 10.4. The highest BCUT2D eigenvalue weighted by Crippen LogP contribution is 2.16. The zero-order valence-electron chi connectivity index (χ0n) is 10.4. The summed E-state index contributed by atoms with van der Waals surface area (Å²) in [6.45, 7) is 3.23. The first-order valence-corrected chi connectivity index (χ1v) is 6.53. The van der Waals surface area contributed by atoms with E-state index in [9.17, 15) is 4.79 Å². The van der Waals surface area contributed by atoms with Crippen molar-refractivity contribution in [2.45, 2.75) is 19.8 Å². The second-order valence-corrected chi connectivity index (χ2v) is 5.09. The van der Waals surface area contributed by atoms with Crippen LogP contribution in [0.5, 0.6) is 0 Å². The summed E-state index contributed by atoms with van der Waals surface area (Å²) < 4.78 is 1.08. The predicted octanol–water partition coefficient (Wildman–Crippen LogP) is 2.11. The average molecular weight is 299 g/mol. The minimum absolute atomic E-state index is 0.111. The summed E-state index contributed by atoms with van der Waals surface area (Å²) in [6.07, 6.45) is 1.30. The maximum Gasteiger partial charge on any atom is 0.223 e. The van der Waals surface area contributed by atoms with Gasteiger partial charge in [0, 0.05) is 31.0 Å². The Morgan fingerprint density at radius 1 is 1.47 bits per heavy atom. The Bertz CT molecular complexity index is 393. The molecule has 0 aliphatic rings. The molecule has 0 aromatic heterocycles. The lowest BCUT2D eigenvalue weighted by molar-refractivity contribution is -0.129. The highest BCUT2D eigenvalue weighted by Gasteiger charge is 2.08. The summed E-state index contributed by atoms with van der Waals surface area (Å²) in [5, 5.41) is 0. The van der Waals surface area contributed by atoms with Crippen molar-refractivity contribution in [3.8, 4) is 0 Å². The Labute approximate surface area is 111 Å². The quantitative estimate of drug-likeness (QED) is 0.905. The molecule has 17 heavy (non-hydrogen) atoms. The van der Waals surface area contributed by atoms with Gasteiger partial charge in [0.1, 0.15) is 0 Å². The van der Waals surface area contributed by atoms with Gasteiger partial charge in [0.25, 0.3) is 0 Å². The molecule has 94 valence electrons. The van der Waals surface area contributed by atoms with Gasteiger partial charge in [-0.3, -0.25) is 4.79 Å².